The van der Waals surface area contributed by atoms with Crippen molar-refractivity contribution in [2.75, 3.05) is 49.6 Å². The summed E-state index contributed by atoms with van der Waals surface area (Å²) in [4.78, 5) is 38.2. The number of amides is 1. The summed E-state index contributed by atoms with van der Waals surface area (Å²) in [6.07, 6.45) is 4.27. The lowest BCUT2D eigenvalue weighted by Crippen LogP contribution is -2.47. The number of carbonyl (C=O) groups excluding carboxylic acids is 1. The quantitative estimate of drug-likeness (QED) is 0.347. The van der Waals surface area contributed by atoms with Crippen LogP contribution in [0.3, 0.4) is 0 Å². The van der Waals surface area contributed by atoms with Crippen molar-refractivity contribution < 1.29 is 9.53 Å². The molecule has 8 nitrogen and oxygen atoms in total. The number of aryl methyl sites for hydroxylation is 1. The van der Waals surface area contributed by atoms with E-state index in [2.05, 4.69) is 15.9 Å². The number of carbonyl (C=O) groups is 1. The first-order valence-corrected chi connectivity index (χ1v) is 13.5. The van der Waals surface area contributed by atoms with Crippen molar-refractivity contribution in [3.8, 4) is 5.75 Å². The minimum absolute atomic E-state index is 0.155. The van der Waals surface area contributed by atoms with Crippen molar-refractivity contribution in [3.63, 3.8) is 0 Å². The molecule has 0 spiro atoms. The van der Waals surface area contributed by atoms with E-state index in [1.807, 2.05) is 44.2 Å². The Kier molecular flexibility index (Phi) is 7.21. The number of anilines is 2. The van der Waals surface area contributed by atoms with Crippen LogP contribution in [-0.4, -0.2) is 64.3 Å². The van der Waals surface area contributed by atoms with Crippen LogP contribution in [0.15, 0.2) is 52.3 Å². The SMILES string of the molecule is CCCN1C(=O)C(=Cc2c(N3CCN(c4ccccc4OC)CC3)nc3ccc(C)cn3c2=O)SC1=S. The van der Waals surface area contributed by atoms with Crippen LogP contribution in [0.4, 0.5) is 11.5 Å². The predicted octanol–water partition coefficient (Wildman–Crippen LogP) is 3.95. The number of rotatable bonds is 6. The topological polar surface area (TPSA) is 70.4 Å². The van der Waals surface area contributed by atoms with Gasteiger partial charge in [-0.25, -0.2) is 4.98 Å². The second-order valence-corrected chi connectivity index (χ2v) is 10.7. The molecule has 0 atom stereocenters. The van der Waals surface area contributed by atoms with Gasteiger partial charge in [0.05, 0.1) is 23.3 Å². The lowest BCUT2D eigenvalue weighted by atomic mass is 10.2. The average molecular weight is 536 g/mol. The highest BCUT2D eigenvalue weighted by molar-refractivity contribution is 8.26. The Morgan fingerprint density at radius 3 is 2.54 bits per heavy atom. The molecule has 192 valence electrons. The molecule has 1 amide bonds. The molecule has 2 saturated heterocycles. The monoisotopic (exact) mass is 535 g/mol. The summed E-state index contributed by atoms with van der Waals surface area (Å²) < 4.78 is 7.63. The Bertz CT molecular complexity index is 1460. The molecule has 0 saturated carbocycles. The number of para-hydroxylation sites is 2. The Hall–Kier alpha value is -3.37. The first-order valence-electron chi connectivity index (χ1n) is 12.3. The number of hydrogen-bond acceptors (Lipinski definition) is 8. The molecule has 5 rings (SSSR count). The fraction of sp³-hybridized carbons (Fsp3) is 0.333. The van der Waals surface area contributed by atoms with E-state index < -0.39 is 0 Å². The van der Waals surface area contributed by atoms with Gasteiger partial charge in [-0.3, -0.25) is 18.9 Å². The van der Waals surface area contributed by atoms with Gasteiger partial charge in [0.1, 0.15) is 21.5 Å². The van der Waals surface area contributed by atoms with Crippen LogP contribution < -0.4 is 20.1 Å². The fourth-order valence-electron chi connectivity index (χ4n) is 4.71. The minimum Gasteiger partial charge on any atom is -0.495 e. The molecule has 0 bridgehead atoms. The average Bonchev–Trinajstić information content (AvgIpc) is 3.18. The number of nitrogens with zero attached hydrogens (tertiary/aromatic N) is 5. The maximum absolute atomic E-state index is 13.8. The molecule has 1 aromatic carbocycles. The van der Waals surface area contributed by atoms with E-state index >= 15 is 0 Å². The molecule has 2 fully saturated rings. The minimum atomic E-state index is -0.198. The van der Waals surface area contributed by atoms with Gasteiger partial charge in [-0.1, -0.05) is 49.1 Å². The number of benzene rings is 1. The predicted molar refractivity (Wildman–Crippen MR) is 154 cm³/mol. The third kappa shape index (κ3) is 4.83. The molecule has 2 aliphatic rings. The van der Waals surface area contributed by atoms with Crippen LogP contribution in [0.25, 0.3) is 11.7 Å². The van der Waals surface area contributed by atoms with Gasteiger partial charge in [0.2, 0.25) is 0 Å². The third-order valence-corrected chi connectivity index (χ3v) is 7.96. The van der Waals surface area contributed by atoms with Gasteiger partial charge in [-0.2, -0.15) is 0 Å². The maximum atomic E-state index is 13.8. The molecule has 0 N–H and O–H groups in total. The molecular weight excluding hydrogens is 506 g/mol. The summed E-state index contributed by atoms with van der Waals surface area (Å²) in [6, 6.07) is 11.8. The van der Waals surface area contributed by atoms with Crippen LogP contribution >= 0.6 is 24.0 Å². The molecule has 2 aliphatic heterocycles. The van der Waals surface area contributed by atoms with Crippen molar-refractivity contribution in [3.05, 3.63) is 69.0 Å². The number of methoxy groups -OCH3 is 1. The van der Waals surface area contributed by atoms with E-state index in [0.717, 1.165) is 36.5 Å². The fourth-order valence-corrected chi connectivity index (χ4v) is 6.00. The van der Waals surface area contributed by atoms with Gasteiger partial charge in [0, 0.05) is 38.9 Å². The highest BCUT2D eigenvalue weighted by atomic mass is 32.2. The number of pyridine rings is 1. The van der Waals surface area contributed by atoms with E-state index in [-0.39, 0.29) is 11.5 Å². The van der Waals surface area contributed by atoms with Gasteiger partial charge in [-0.05, 0) is 43.2 Å². The second kappa shape index (κ2) is 10.5. The molecule has 0 aliphatic carbocycles. The standard InChI is InChI=1S/C27H29N5O3S2/c1-4-11-31-26(34)22(37-27(31)36)16-19-24(28-23-10-9-18(2)17-32(23)25(19)33)30-14-12-29(13-15-30)20-7-5-6-8-21(20)35-3/h5-10,16-17H,4,11-15H2,1-3H3. The van der Waals surface area contributed by atoms with E-state index in [1.54, 1.807) is 28.7 Å². The van der Waals surface area contributed by atoms with Crippen LogP contribution in [0, 0.1) is 6.92 Å². The van der Waals surface area contributed by atoms with E-state index in [1.165, 1.54) is 11.8 Å². The maximum Gasteiger partial charge on any atom is 0.267 e. The molecule has 4 heterocycles. The van der Waals surface area contributed by atoms with Crippen LogP contribution in [-0.2, 0) is 4.79 Å². The molecule has 37 heavy (non-hydrogen) atoms. The third-order valence-electron chi connectivity index (χ3n) is 6.59. The summed E-state index contributed by atoms with van der Waals surface area (Å²) >= 11 is 6.69. The van der Waals surface area contributed by atoms with Crippen molar-refractivity contribution in [2.24, 2.45) is 0 Å². The van der Waals surface area contributed by atoms with E-state index in [4.69, 9.17) is 21.9 Å². The van der Waals surface area contributed by atoms with Crippen molar-refractivity contribution >= 4 is 57.4 Å². The van der Waals surface area contributed by atoms with Crippen molar-refractivity contribution in [1.82, 2.24) is 14.3 Å². The van der Waals surface area contributed by atoms with Crippen LogP contribution in [0.5, 0.6) is 5.75 Å². The smallest absolute Gasteiger partial charge is 0.267 e. The lowest BCUT2D eigenvalue weighted by molar-refractivity contribution is -0.122. The molecule has 10 heteroatoms. The van der Waals surface area contributed by atoms with Gasteiger partial charge in [0.15, 0.2) is 0 Å². The molecule has 3 aromatic rings. The largest absolute Gasteiger partial charge is 0.495 e. The number of hydrogen-bond donors (Lipinski definition) is 0. The van der Waals surface area contributed by atoms with Crippen LogP contribution in [0.1, 0.15) is 24.5 Å². The van der Waals surface area contributed by atoms with E-state index in [9.17, 15) is 9.59 Å². The number of ether oxygens (including phenoxy) is 1. The lowest BCUT2D eigenvalue weighted by Gasteiger charge is -2.37. The summed E-state index contributed by atoms with van der Waals surface area (Å²) in [5.74, 6) is 1.27. The highest BCUT2D eigenvalue weighted by Crippen LogP contribution is 2.34. The molecule has 2 aromatic heterocycles. The summed E-state index contributed by atoms with van der Waals surface area (Å²) in [7, 11) is 1.68. The normalized spacial score (nSPS) is 17.4. The molecule has 0 radical (unpaired) electrons. The van der Waals surface area contributed by atoms with Crippen molar-refractivity contribution in [2.45, 2.75) is 20.3 Å². The van der Waals surface area contributed by atoms with Crippen molar-refractivity contribution in [1.29, 1.82) is 0 Å². The van der Waals surface area contributed by atoms with Gasteiger partial charge in [0.25, 0.3) is 11.5 Å². The van der Waals surface area contributed by atoms with Gasteiger partial charge in [-0.15, -0.1) is 0 Å². The first-order chi connectivity index (χ1) is 17.9. The molecular formula is C27H29N5O3S2. The Morgan fingerprint density at radius 2 is 1.81 bits per heavy atom. The number of fused-ring (bicyclic) bond motifs is 1. The van der Waals surface area contributed by atoms with Gasteiger partial charge < -0.3 is 14.5 Å². The zero-order valence-corrected chi connectivity index (χ0v) is 22.8. The Morgan fingerprint density at radius 1 is 1.08 bits per heavy atom. The zero-order valence-electron chi connectivity index (χ0n) is 21.1. The van der Waals surface area contributed by atoms with Crippen LogP contribution in [0.2, 0.25) is 0 Å². The summed E-state index contributed by atoms with van der Waals surface area (Å²) in [5, 5.41) is 0. The number of thiocarbonyl (C=S) groups is 1. The number of aromatic nitrogens is 2. The highest BCUT2D eigenvalue weighted by Gasteiger charge is 2.32. The summed E-state index contributed by atoms with van der Waals surface area (Å²) in [5.41, 5.74) is 2.79. The zero-order chi connectivity index (χ0) is 26.1. The Balaban J connectivity index is 1.53. The second-order valence-electron chi connectivity index (χ2n) is 9.07. The van der Waals surface area contributed by atoms with E-state index in [0.29, 0.717) is 45.9 Å². The number of thioether (sulfide) groups is 1. The summed E-state index contributed by atoms with van der Waals surface area (Å²) in [6.45, 7) is 7.34. The van der Waals surface area contributed by atoms with Gasteiger partial charge >= 0.3 is 0 Å². The first kappa shape index (κ1) is 25.3. The number of piperazine rings is 1. The molecule has 0 unspecified atom stereocenters. The Labute approximate surface area is 225 Å².